The van der Waals surface area contributed by atoms with E-state index in [2.05, 4.69) is 6.92 Å². The van der Waals surface area contributed by atoms with Gasteiger partial charge in [0.05, 0.1) is 13.7 Å². The number of ether oxygens (including phenoxy) is 2. The summed E-state index contributed by atoms with van der Waals surface area (Å²) in [5, 5.41) is 0. The van der Waals surface area contributed by atoms with Crippen LogP contribution in [0.15, 0.2) is 42.5 Å². The van der Waals surface area contributed by atoms with Crippen molar-refractivity contribution in [3.05, 3.63) is 48.1 Å². The molecule has 3 heteroatoms. The fraction of sp³-hybridized carbons (Fsp3) is 0.312. The van der Waals surface area contributed by atoms with E-state index >= 15 is 0 Å². The topological polar surface area (TPSA) is 35.5 Å². The molecule has 0 aromatic heterocycles. The van der Waals surface area contributed by atoms with E-state index in [9.17, 15) is 4.79 Å². The highest BCUT2D eigenvalue weighted by molar-refractivity contribution is 5.82. The first-order valence-corrected chi connectivity index (χ1v) is 6.39. The van der Waals surface area contributed by atoms with Crippen molar-refractivity contribution in [2.45, 2.75) is 20.3 Å². The van der Waals surface area contributed by atoms with Crippen LogP contribution >= 0.6 is 0 Å². The van der Waals surface area contributed by atoms with E-state index in [0.717, 1.165) is 23.3 Å². The van der Waals surface area contributed by atoms with Crippen LogP contribution in [0.5, 0.6) is 5.75 Å². The Morgan fingerprint density at radius 1 is 1.21 bits per heavy atom. The molecule has 1 aromatic carbocycles. The first-order valence-electron chi connectivity index (χ1n) is 6.39. The van der Waals surface area contributed by atoms with Gasteiger partial charge in [-0.1, -0.05) is 31.2 Å². The Hall–Kier alpha value is -2.03. The standard InChI is InChI=1S/C16H20O3/c1-4-13(7-6-8-16(17)19-5-2)14-9-11-15(18-3)12-10-14/h6-12H,4-5H2,1-3H3. The van der Waals surface area contributed by atoms with Crippen LogP contribution in [0.25, 0.3) is 5.57 Å². The third-order valence-electron chi connectivity index (χ3n) is 2.66. The second-order valence-electron chi connectivity index (χ2n) is 3.89. The normalized spacial score (nSPS) is 11.6. The lowest BCUT2D eigenvalue weighted by Crippen LogP contribution is -1.98. The molecular formula is C16H20O3. The molecule has 0 radical (unpaired) electrons. The fourth-order valence-corrected chi connectivity index (χ4v) is 1.66. The van der Waals surface area contributed by atoms with Gasteiger partial charge in [0.25, 0.3) is 0 Å². The van der Waals surface area contributed by atoms with Crippen molar-refractivity contribution >= 4 is 11.5 Å². The van der Waals surface area contributed by atoms with E-state index in [1.54, 1.807) is 20.1 Å². The van der Waals surface area contributed by atoms with Gasteiger partial charge >= 0.3 is 5.97 Å². The van der Waals surface area contributed by atoms with Crippen LogP contribution in [-0.4, -0.2) is 19.7 Å². The van der Waals surface area contributed by atoms with Gasteiger partial charge in [0, 0.05) is 6.08 Å². The molecular weight excluding hydrogens is 240 g/mol. The molecule has 0 saturated heterocycles. The zero-order chi connectivity index (χ0) is 14.1. The molecule has 102 valence electrons. The molecule has 0 N–H and O–H groups in total. The average molecular weight is 260 g/mol. The molecule has 0 fully saturated rings. The minimum atomic E-state index is -0.316. The number of benzene rings is 1. The molecule has 1 aromatic rings. The van der Waals surface area contributed by atoms with Gasteiger partial charge in [-0.2, -0.15) is 0 Å². The summed E-state index contributed by atoms with van der Waals surface area (Å²) in [6.45, 7) is 4.26. The second-order valence-corrected chi connectivity index (χ2v) is 3.89. The van der Waals surface area contributed by atoms with Crippen LogP contribution in [0, 0.1) is 0 Å². The summed E-state index contributed by atoms with van der Waals surface area (Å²) in [5.74, 6) is 0.519. The molecule has 19 heavy (non-hydrogen) atoms. The molecule has 0 atom stereocenters. The first kappa shape index (κ1) is 15.0. The molecule has 0 saturated carbocycles. The summed E-state index contributed by atoms with van der Waals surface area (Å²) < 4.78 is 9.95. The van der Waals surface area contributed by atoms with E-state index in [0.29, 0.717) is 6.61 Å². The maximum absolute atomic E-state index is 11.2. The number of esters is 1. The van der Waals surface area contributed by atoms with E-state index in [1.807, 2.05) is 30.3 Å². The number of rotatable bonds is 6. The van der Waals surface area contributed by atoms with Gasteiger partial charge in [-0.15, -0.1) is 0 Å². The minimum Gasteiger partial charge on any atom is -0.497 e. The molecule has 0 unspecified atom stereocenters. The van der Waals surface area contributed by atoms with E-state index in [4.69, 9.17) is 9.47 Å². The summed E-state index contributed by atoms with van der Waals surface area (Å²) >= 11 is 0. The Bertz CT molecular complexity index is 455. The fourth-order valence-electron chi connectivity index (χ4n) is 1.66. The number of carbonyl (C=O) groups excluding carboxylic acids is 1. The number of methoxy groups -OCH3 is 1. The van der Waals surface area contributed by atoms with Crippen LogP contribution in [0.3, 0.4) is 0 Å². The van der Waals surface area contributed by atoms with Crippen molar-refractivity contribution in [2.75, 3.05) is 13.7 Å². The summed E-state index contributed by atoms with van der Waals surface area (Å²) in [7, 11) is 1.65. The van der Waals surface area contributed by atoms with Crippen molar-refractivity contribution < 1.29 is 14.3 Å². The molecule has 0 heterocycles. The SMILES string of the molecule is CCOC(=O)C=CC=C(CC)c1ccc(OC)cc1. The third-order valence-corrected chi connectivity index (χ3v) is 2.66. The van der Waals surface area contributed by atoms with Crippen LogP contribution in [0.1, 0.15) is 25.8 Å². The molecule has 0 aliphatic rings. The van der Waals surface area contributed by atoms with Crippen LogP contribution in [0.2, 0.25) is 0 Å². The molecule has 0 aliphatic heterocycles. The van der Waals surface area contributed by atoms with Crippen molar-refractivity contribution in [1.29, 1.82) is 0 Å². The predicted molar refractivity (Wildman–Crippen MR) is 77.0 cm³/mol. The lowest BCUT2D eigenvalue weighted by molar-refractivity contribution is -0.137. The summed E-state index contributed by atoms with van der Waals surface area (Å²) in [6.07, 6.45) is 5.97. The number of hydrogen-bond donors (Lipinski definition) is 0. The zero-order valence-electron chi connectivity index (χ0n) is 11.7. The molecule has 0 amide bonds. The molecule has 1 rings (SSSR count). The second kappa shape index (κ2) is 8.14. The van der Waals surface area contributed by atoms with E-state index in [-0.39, 0.29) is 5.97 Å². The van der Waals surface area contributed by atoms with Crippen molar-refractivity contribution in [1.82, 2.24) is 0 Å². The van der Waals surface area contributed by atoms with Crippen LogP contribution in [0.4, 0.5) is 0 Å². The Balaban J connectivity index is 2.78. The van der Waals surface area contributed by atoms with Crippen LogP contribution < -0.4 is 4.74 Å². The maximum atomic E-state index is 11.2. The zero-order valence-corrected chi connectivity index (χ0v) is 11.7. The first-order chi connectivity index (χ1) is 9.21. The number of hydrogen-bond acceptors (Lipinski definition) is 3. The highest BCUT2D eigenvalue weighted by atomic mass is 16.5. The van der Waals surface area contributed by atoms with Gasteiger partial charge in [0.1, 0.15) is 5.75 Å². The molecule has 3 nitrogen and oxygen atoms in total. The van der Waals surface area contributed by atoms with Crippen molar-refractivity contribution in [2.24, 2.45) is 0 Å². The Labute approximate surface area is 114 Å². The third kappa shape index (κ3) is 5.00. The van der Waals surface area contributed by atoms with Gasteiger partial charge < -0.3 is 9.47 Å². The smallest absolute Gasteiger partial charge is 0.330 e. The molecule has 0 aliphatic carbocycles. The maximum Gasteiger partial charge on any atom is 0.330 e. The average Bonchev–Trinajstić information content (AvgIpc) is 2.44. The number of carbonyl (C=O) groups is 1. The van der Waals surface area contributed by atoms with Gasteiger partial charge in [-0.05, 0) is 36.6 Å². The monoisotopic (exact) mass is 260 g/mol. The largest absolute Gasteiger partial charge is 0.497 e. The quantitative estimate of drug-likeness (QED) is 0.445. The van der Waals surface area contributed by atoms with Crippen molar-refractivity contribution in [3.8, 4) is 5.75 Å². The van der Waals surface area contributed by atoms with Gasteiger partial charge in [0.2, 0.25) is 0 Å². The minimum absolute atomic E-state index is 0.316. The van der Waals surface area contributed by atoms with Crippen LogP contribution in [-0.2, 0) is 9.53 Å². The molecule has 0 spiro atoms. The van der Waals surface area contributed by atoms with Gasteiger partial charge in [-0.25, -0.2) is 4.79 Å². The Morgan fingerprint density at radius 3 is 2.42 bits per heavy atom. The van der Waals surface area contributed by atoms with Crippen molar-refractivity contribution in [3.63, 3.8) is 0 Å². The molecule has 0 bridgehead atoms. The van der Waals surface area contributed by atoms with E-state index < -0.39 is 0 Å². The highest BCUT2D eigenvalue weighted by Crippen LogP contribution is 2.21. The highest BCUT2D eigenvalue weighted by Gasteiger charge is 1.99. The van der Waals surface area contributed by atoms with E-state index in [1.165, 1.54) is 6.08 Å². The Kier molecular flexibility index (Phi) is 6.44. The number of allylic oxidation sites excluding steroid dienone is 3. The van der Waals surface area contributed by atoms with Gasteiger partial charge in [0.15, 0.2) is 0 Å². The summed E-state index contributed by atoms with van der Waals surface area (Å²) in [4.78, 5) is 11.2. The predicted octanol–water partition coefficient (Wildman–Crippen LogP) is 3.61. The van der Waals surface area contributed by atoms with Gasteiger partial charge in [-0.3, -0.25) is 0 Å². The Morgan fingerprint density at radius 2 is 1.89 bits per heavy atom. The summed E-state index contributed by atoms with van der Waals surface area (Å²) in [6, 6.07) is 7.86. The lowest BCUT2D eigenvalue weighted by atomic mass is 10.0. The summed E-state index contributed by atoms with van der Waals surface area (Å²) in [5.41, 5.74) is 2.28. The lowest BCUT2D eigenvalue weighted by Gasteiger charge is -2.05.